The van der Waals surface area contributed by atoms with E-state index in [1.807, 2.05) is 0 Å². The van der Waals surface area contributed by atoms with E-state index in [1.54, 1.807) is 0 Å². The van der Waals surface area contributed by atoms with Crippen LogP contribution in [0.3, 0.4) is 0 Å². The number of hydrogen-bond donors (Lipinski definition) is 7. The molecule has 0 heterocycles. The maximum absolute atomic E-state index is 9.26. The van der Waals surface area contributed by atoms with Crippen molar-refractivity contribution in [3.8, 4) is 0 Å². The zero-order valence-electron chi connectivity index (χ0n) is 26.0. The average Bonchev–Trinajstić information content (AvgIpc) is 2.94. The number of aliphatic hydroxyl groups excluding tert-OH is 7. The number of hydrogen-bond acceptors (Lipinski definition) is 16. The van der Waals surface area contributed by atoms with E-state index in [2.05, 4.69) is 47.4 Å². The van der Waals surface area contributed by atoms with Crippen LogP contribution in [0.25, 0.3) is 0 Å². The van der Waals surface area contributed by atoms with Gasteiger partial charge in [-0.1, -0.05) is 0 Å². The van der Waals surface area contributed by atoms with Crippen LogP contribution in [0.2, 0.25) is 0 Å². The van der Waals surface area contributed by atoms with E-state index in [0.29, 0.717) is 19.6 Å². The minimum atomic E-state index is -0.760. The predicted molar refractivity (Wildman–Crippen MR) is 148 cm³/mol. The summed E-state index contributed by atoms with van der Waals surface area (Å²) in [5, 5.41) is 62.4. The third-order valence-corrected chi connectivity index (χ3v) is 4.15. The van der Waals surface area contributed by atoms with Crippen molar-refractivity contribution < 1.29 is 78.4 Å². The van der Waals surface area contributed by atoms with Crippen LogP contribution in [0.4, 0.5) is 0 Å². The Balaban J connectivity index is -0.000000174. The molecule has 0 amide bonds. The number of ether oxygens (including phenoxy) is 9. The second-order valence-electron chi connectivity index (χ2n) is 8.39. The third-order valence-electron chi connectivity index (χ3n) is 4.15. The summed E-state index contributed by atoms with van der Waals surface area (Å²) in [6, 6.07) is 0. The molecular weight excluding hydrogens is 1100 g/mol. The van der Waals surface area contributed by atoms with Gasteiger partial charge >= 0.3 is 0 Å². The first-order valence-electron chi connectivity index (χ1n) is 13.2. The van der Waals surface area contributed by atoms with Gasteiger partial charge in [0.05, 0.1) is 90.5 Å². The standard InChI is InChI=1S/C11H22O6.C9H19O6.C6H13O4.2Rf/c1-14-6-10(12)8-16-4-3-5-17-9-11(13)7-15-2;1-13-4-8(11)6-15-7-9(12)5-14-3-2-10;1-9-4-6(8)5-10-3-2-7;;/h10-13H,1-9H2;8-12H,1-7H2;6-8H,1-5H2;;/q-2;2*-1;;. The van der Waals surface area contributed by atoms with E-state index in [9.17, 15) is 15.3 Å². The molecule has 0 bridgehead atoms. The summed E-state index contributed by atoms with van der Waals surface area (Å²) in [6.45, 7) is 2.72. The fraction of sp³-hybridized carbons (Fsp3) is 0.846. The summed E-state index contributed by atoms with van der Waals surface area (Å²) in [6.07, 6.45) is -2.76. The summed E-state index contributed by atoms with van der Waals surface area (Å²) in [7, 11) is 12.5. The average molecular weight is 1160 g/mol. The zero-order chi connectivity index (χ0) is 32.3. The molecule has 0 saturated heterocycles. The van der Waals surface area contributed by atoms with Gasteiger partial charge in [0.25, 0.3) is 0 Å². The Kier molecular flexibility index (Phi) is 49.2. The molecule has 0 radical (unpaired) electrons. The Bertz CT molecular complexity index is 475. The molecule has 0 saturated carbocycles. The second-order valence-corrected chi connectivity index (χ2v) is 8.39. The molecule has 5 unspecified atom stereocenters. The molecule has 0 aromatic carbocycles. The summed E-state index contributed by atoms with van der Waals surface area (Å²) in [5.41, 5.74) is 0. The van der Waals surface area contributed by atoms with Gasteiger partial charge in [-0.15, -0.1) is 0 Å². The van der Waals surface area contributed by atoms with E-state index < -0.39 is 30.5 Å². The van der Waals surface area contributed by atoms with Crippen LogP contribution in [0.1, 0.15) is 6.42 Å². The van der Waals surface area contributed by atoms with Crippen LogP contribution < -0.4 is 0 Å². The van der Waals surface area contributed by atoms with Crippen molar-refractivity contribution in [2.45, 2.75) is 36.9 Å². The first-order valence-corrected chi connectivity index (χ1v) is 13.2. The van der Waals surface area contributed by atoms with Crippen molar-refractivity contribution in [1.82, 2.24) is 0 Å². The summed E-state index contributed by atoms with van der Waals surface area (Å²) >= 11 is 0. The monoisotopic (exact) mass is 1160 g/mol. The molecule has 0 aromatic rings. The molecule has 0 spiro atoms. The molecule has 7 N–H and O–H groups in total. The zero-order valence-corrected chi connectivity index (χ0v) is 38.8. The molecule has 5 atom stereocenters. The van der Waals surface area contributed by atoms with E-state index in [-0.39, 0.29) is 92.5 Å². The Morgan fingerprint density at radius 2 is 0.591 bits per heavy atom. The maximum atomic E-state index is 9.26. The van der Waals surface area contributed by atoms with Gasteiger partial charge in [-0.3, -0.25) is 0 Å². The smallest absolute Gasteiger partial charge is 0.101 e. The molecule has 18 heteroatoms. The number of aliphatic hydroxyl groups is 7. The molecule has 0 aliphatic heterocycles. The van der Waals surface area contributed by atoms with Crippen molar-refractivity contribution in [3.05, 3.63) is 28.4 Å². The normalized spacial score (nSPS) is 14.0. The molecule has 0 aromatic heterocycles. The van der Waals surface area contributed by atoms with Crippen LogP contribution in [0.15, 0.2) is 0 Å². The van der Waals surface area contributed by atoms with Crippen molar-refractivity contribution in [2.24, 2.45) is 0 Å². The van der Waals surface area contributed by atoms with Crippen molar-refractivity contribution in [1.29, 1.82) is 0 Å². The Labute approximate surface area is 249 Å². The SMILES string of the molecule is [CH2-]OCC(O)COCC(O)COCCO.[CH2-]OCC(O)COCCCOCC(O)CO[CH2-].[CH2-]OCC(O)COCCO.[Rf].[Rf]. The Morgan fingerprint density at radius 1 is 0.364 bits per heavy atom. The quantitative estimate of drug-likeness (QED) is 0.0317. The van der Waals surface area contributed by atoms with Gasteiger partial charge in [0.15, 0.2) is 0 Å². The van der Waals surface area contributed by atoms with Crippen molar-refractivity contribution in [3.63, 3.8) is 0 Å². The topological polar surface area (TPSA) is 225 Å². The fourth-order valence-corrected chi connectivity index (χ4v) is 2.39. The molecule has 0 aliphatic rings. The van der Waals surface area contributed by atoms with E-state index >= 15 is 0 Å². The fourth-order valence-electron chi connectivity index (χ4n) is 2.39. The Hall–Kier alpha value is -2.64. The van der Waals surface area contributed by atoms with Crippen molar-refractivity contribution in [2.75, 3.05) is 106 Å². The number of rotatable bonds is 28. The first-order chi connectivity index (χ1) is 20.2. The largest absolute Gasteiger partial charge is 0.553 e. The van der Waals surface area contributed by atoms with Crippen LogP contribution in [0.5, 0.6) is 0 Å². The van der Waals surface area contributed by atoms with Gasteiger partial charge in [-0.2, -0.15) is 0 Å². The van der Waals surface area contributed by atoms with Gasteiger partial charge in [0, 0.05) is 39.6 Å². The van der Waals surface area contributed by atoms with Gasteiger partial charge < -0.3 is 78.4 Å². The van der Waals surface area contributed by atoms with Crippen LogP contribution in [0, 0.1) is 28.4 Å². The summed E-state index contributed by atoms with van der Waals surface area (Å²) < 4.78 is 42.8. The van der Waals surface area contributed by atoms with E-state index in [0.717, 1.165) is 0 Å². The molecule has 16 nitrogen and oxygen atoms in total. The van der Waals surface area contributed by atoms with Gasteiger partial charge in [0.2, 0.25) is 0 Å². The molecule has 0 fully saturated rings. The molecular formula is C26H54O16Rf2-4. The van der Waals surface area contributed by atoms with Crippen LogP contribution >= 0.6 is 0 Å². The minimum Gasteiger partial charge on any atom is -0.553 e. The molecule has 262 valence electrons. The van der Waals surface area contributed by atoms with Crippen LogP contribution in [-0.4, -0.2) is 172 Å². The van der Waals surface area contributed by atoms with Gasteiger partial charge in [-0.05, 0) is 6.42 Å². The van der Waals surface area contributed by atoms with Crippen LogP contribution in [-0.2, 0) is 42.6 Å². The summed E-state index contributed by atoms with van der Waals surface area (Å²) in [5.74, 6) is 0. The molecule has 0 aliphatic carbocycles. The third kappa shape index (κ3) is 46.3. The molecule has 0 rings (SSSR count). The van der Waals surface area contributed by atoms with E-state index in [4.69, 9.17) is 44.1 Å². The van der Waals surface area contributed by atoms with Crippen molar-refractivity contribution >= 4 is 0 Å². The van der Waals surface area contributed by atoms with E-state index in [1.165, 1.54) is 0 Å². The predicted octanol–water partition coefficient (Wildman–Crippen LogP) is -2.55. The second kappa shape index (κ2) is 42.5. The van der Waals surface area contributed by atoms with Gasteiger partial charge in [0.1, 0.15) is 6.10 Å². The van der Waals surface area contributed by atoms with Gasteiger partial charge in [-0.25, -0.2) is 28.4 Å². The minimum absolute atomic E-state index is 0. The maximum Gasteiger partial charge on any atom is 0.101 e. The summed E-state index contributed by atoms with van der Waals surface area (Å²) in [4.78, 5) is 0. The Morgan fingerprint density at radius 3 is 0.841 bits per heavy atom. The molecule has 44 heavy (non-hydrogen) atoms. The first kappa shape index (κ1) is 51.0.